The normalized spacial score (nSPS) is 13.9. The Kier molecular flexibility index (Phi) is 5.27. The number of benzene rings is 3. The summed E-state index contributed by atoms with van der Waals surface area (Å²) < 4.78 is 40.0. The first-order valence-electron chi connectivity index (χ1n) is 9.70. The molecule has 31 heavy (non-hydrogen) atoms. The van der Waals surface area contributed by atoms with Crippen molar-refractivity contribution >= 4 is 11.8 Å². The van der Waals surface area contributed by atoms with E-state index in [0.29, 0.717) is 0 Å². The first-order chi connectivity index (χ1) is 14.8. The number of carbonyl (C=O) groups excluding carboxylic acids is 2. The second kappa shape index (κ2) is 7.91. The van der Waals surface area contributed by atoms with Gasteiger partial charge in [-0.3, -0.25) is 9.59 Å². The summed E-state index contributed by atoms with van der Waals surface area (Å²) in [7, 11) is 0. The zero-order chi connectivity index (χ0) is 22.2. The minimum Gasteiger partial charge on any atom is -0.368 e. The van der Waals surface area contributed by atoms with Gasteiger partial charge >= 0.3 is 6.18 Å². The highest BCUT2D eigenvalue weighted by Crippen LogP contribution is 2.44. The minimum atomic E-state index is -4.58. The maximum Gasteiger partial charge on any atom is 0.416 e. The number of carbonyl (C=O) groups is 2. The van der Waals surface area contributed by atoms with Gasteiger partial charge in [-0.1, -0.05) is 66.7 Å². The lowest BCUT2D eigenvalue weighted by Gasteiger charge is -2.21. The Hall–Kier alpha value is -3.61. The Bertz CT molecular complexity index is 1110. The molecule has 3 aromatic rings. The fourth-order valence-electron chi connectivity index (χ4n) is 4.11. The minimum absolute atomic E-state index is 0.105. The Morgan fingerprint density at radius 1 is 0.871 bits per heavy atom. The van der Waals surface area contributed by atoms with Crippen molar-refractivity contribution in [2.75, 3.05) is 0 Å². The van der Waals surface area contributed by atoms with E-state index in [2.05, 4.69) is 5.32 Å². The number of fused-ring (bicyclic) bond motifs is 3. The van der Waals surface area contributed by atoms with E-state index < -0.39 is 35.5 Å². The number of hydrogen-bond donors (Lipinski definition) is 2. The number of primary amides is 1. The topological polar surface area (TPSA) is 72.2 Å². The molecule has 0 heterocycles. The van der Waals surface area contributed by atoms with E-state index in [1.54, 1.807) is 0 Å². The van der Waals surface area contributed by atoms with Gasteiger partial charge < -0.3 is 11.1 Å². The highest BCUT2D eigenvalue weighted by molar-refractivity contribution is 5.98. The molecule has 4 rings (SSSR count). The van der Waals surface area contributed by atoms with E-state index in [9.17, 15) is 22.8 Å². The van der Waals surface area contributed by atoms with Crippen LogP contribution in [0.1, 0.15) is 28.2 Å². The Morgan fingerprint density at radius 3 is 1.94 bits per heavy atom. The van der Waals surface area contributed by atoms with Crippen LogP contribution in [0.5, 0.6) is 0 Å². The van der Waals surface area contributed by atoms with Crippen molar-refractivity contribution in [2.45, 2.75) is 24.6 Å². The van der Waals surface area contributed by atoms with Crippen molar-refractivity contribution in [3.05, 3.63) is 95.1 Å². The second-order valence-corrected chi connectivity index (χ2v) is 7.43. The highest BCUT2D eigenvalue weighted by Gasteiger charge is 2.37. The van der Waals surface area contributed by atoms with Gasteiger partial charge in [0.25, 0.3) is 0 Å². The maximum absolute atomic E-state index is 13.3. The lowest BCUT2D eigenvalue weighted by Crippen LogP contribution is -2.47. The molecule has 3 aromatic carbocycles. The van der Waals surface area contributed by atoms with Crippen LogP contribution in [0.3, 0.4) is 0 Å². The molecule has 0 aliphatic heterocycles. The van der Waals surface area contributed by atoms with Crippen molar-refractivity contribution in [1.29, 1.82) is 0 Å². The number of hydrogen-bond acceptors (Lipinski definition) is 2. The summed E-state index contributed by atoms with van der Waals surface area (Å²) in [4.78, 5) is 25.2. The van der Waals surface area contributed by atoms with Gasteiger partial charge in [0.2, 0.25) is 11.8 Å². The molecule has 0 aromatic heterocycles. The number of amides is 2. The van der Waals surface area contributed by atoms with Crippen LogP contribution in [0.25, 0.3) is 11.1 Å². The number of halogens is 3. The van der Waals surface area contributed by atoms with E-state index in [4.69, 9.17) is 5.73 Å². The fourth-order valence-corrected chi connectivity index (χ4v) is 4.11. The molecule has 0 saturated carbocycles. The molecule has 2 amide bonds. The third-order valence-corrected chi connectivity index (χ3v) is 5.50. The quantitative estimate of drug-likeness (QED) is 0.649. The van der Waals surface area contributed by atoms with E-state index in [1.165, 1.54) is 18.2 Å². The molecule has 1 aliphatic rings. The summed E-state index contributed by atoms with van der Waals surface area (Å²) >= 11 is 0. The first kappa shape index (κ1) is 20.7. The molecule has 1 atom stereocenters. The van der Waals surface area contributed by atoms with Crippen LogP contribution in [-0.4, -0.2) is 17.9 Å². The average molecular weight is 424 g/mol. The molecule has 7 heteroatoms. The largest absolute Gasteiger partial charge is 0.416 e. The van der Waals surface area contributed by atoms with Gasteiger partial charge in [-0.15, -0.1) is 0 Å². The molecule has 1 aliphatic carbocycles. The van der Waals surface area contributed by atoms with Gasteiger partial charge in [0.15, 0.2) is 0 Å². The molecule has 0 fully saturated rings. The second-order valence-electron chi connectivity index (χ2n) is 7.43. The summed E-state index contributed by atoms with van der Waals surface area (Å²) in [6.45, 7) is 0. The number of nitrogens with two attached hydrogens (primary N) is 1. The van der Waals surface area contributed by atoms with Crippen LogP contribution >= 0.6 is 0 Å². The predicted octanol–water partition coefficient (Wildman–Crippen LogP) is 4.03. The van der Waals surface area contributed by atoms with Gasteiger partial charge in [0.1, 0.15) is 6.04 Å². The van der Waals surface area contributed by atoms with Crippen molar-refractivity contribution in [3.8, 4) is 11.1 Å². The number of alkyl halides is 3. The molecule has 0 bridgehead atoms. The molecule has 4 nitrogen and oxygen atoms in total. The van der Waals surface area contributed by atoms with E-state index in [-0.39, 0.29) is 12.0 Å². The maximum atomic E-state index is 13.3. The van der Waals surface area contributed by atoms with Gasteiger partial charge in [-0.2, -0.15) is 13.2 Å². The molecule has 3 N–H and O–H groups in total. The predicted molar refractivity (Wildman–Crippen MR) is 110 cm³/mol. The zero-order valence-corrected chi connectivity index (χ0v) is 16.3. The fraction of sp³-hybridized carbons (Fsp3) is 0.167. The SMILES string of the molecule is NC(=O)[C@@H](Cc1ccccc1C(F)(F)F)NC(=O)C1c2ccccc2-c2ccccc21. The van der Waals surface area contributed by atoms with Crippen LogP contribution < -0.4 is 11.1 Å². The van der Waals surface area contributed by atoms with Gasteiger partial charge in [-0.25, -0.2) is 0 Å². The van der Waals surface area contributed by atoms with Gasteiger partial charge in [0.05, 0.1) is 11.5 Å². The van der Waals surface area contributed by atoms with Crippen molar-refractivity contribution in [2.24, 2.45) is 5.73 Å². The summed E-state index contributed by atoms with van der Waals surface area (Å²) in [5.41, 5.74) is 7.87. The van der Waals surface area contributed by atoms with Crippen molar-refractivity contribution in [3.63, 3.8) is 0 Å². The Balaban J connectivity index is 1.64. The third-order valence-electron chi connectivity index (χ3n) is 5.50. The molecule has 0 radical (unpaired) electrons. The molecular weight excluding hydrogens is 405 g/mol. The highest BCUT2D eigenvalue weighted by atomic mass is 19.4. The van der Waals surface area contributed by atoms with Crippen molar-refractivity contribution in [1.82, 2.24) is 5.32 Å². The number of rotatable bonds is 5. The standard InChI is InChI=1S/C24H19F3N2O2/c25-24(26,27)19-12-6-1-7-14(19)13-20(22(28)30)29-23(31)21-17-10-4-2-8-15(17)16-9-3-5-11-18(16)21/h1-12,20-21H,13H2,(H2,28,30)(H,29,31)/t20-/m1/s1. The van der Waals surface area contributed by atoms with E-state index in [0.717, 1.165) is 28.3 Å². The van der Waals surface area contributed by atoms with E-state index in [1.807, 2.05) is 48.5 Å². The monoisotopic (exact) mass is 424 g/mol. The van der Waals surface area contributed by atoms with Crippen LogP contribution in [0.15, 0.2) is 72.8 Å². The van der Waals surface area contributed by atoms with Crippen LogP contribution in [0.2, 0.25) is 0 Å². The Labute approximate surface area is 176 Å². The van der Waals surface area contributed by atoms with Crippen molar-refractivity contribution < 1.29 is 22.8 Å². The molecular formula is C24H19F3N2O2. The van der Waals surface area contributed by atoms with Crippen LogP contribution in [0, 0.1) is 0 Å². The summed E-state index contributed by atoms with van der Waals surface area (Å²) in [6, 6.07) is 18.5. The lowest BCUT2D eigenvalue weighted by molar-refractivity contribution is -0.138. The molecule has 158 valence electrons. The van der Waals surface area contributed by atoms with Gasteiger partial charge in [-0.05, 0) is 33.9 Å². The first-order valence-corrected chi connectivity index (χ1v) is 9.70. The smallest absolute Gasteiger partial charge is 0.368 e. The zero-order valence-electron chi connectivity index (χ0n) is 16.3. The third kappa shape index (κ3) is 3.91. The van der Waals surface area contributed by atoms with E-state index >= 15 is 0 Å². The molecule has 0 spiro atoms. The summed E-state index contributed by atoms with van der Waals surface area (Å²) in [6.07, 6.45) is -4.93. The average Bonchev–Trinajstić information content (AvgIpc) is 3.07. The Morgan fingerprint density at radius 2 is 1.39 bits per heavy atom. The van der Waals surface area contributed by atoms with Crippen LogP contribution in [-0.2, 0) is 22.2 Å². The lowest BCUT2D eigenvalue weighted by atomic mass is 9.94. The summed E-state index contributed by atoms with van der Waals surface area (Å²) in [5, 5.41) is 2.59. The molecule has 0 unspecified atom stereocenters. The number of nitrogens with one attached hydrogen (secondary N) is 1. The van der Waals surface area contributed by atoms with Gasteiger partial charge in [0, 0.05) is 6.42 Å². The summed E-state index contributed by atoms with van der Waals surface area (Å²) in [5.74, 6) is -2.05. The van der Waals surface area contributed by atoms with Crippen LogP contribution in [0.4, 0.5) is 13.2 Å². The molecule has 0 saturated heterocycles.